The molecule has 1 aliphatic rings. The number of nitrogens with one attached hydrogen (secondary N) is 2. The Kier molecular flexibility index (Phi) is 11.1. The maximum atomic E-state index is 5.72. The van der Waals surface area contributed by atoms with E-state index in [1.54, 1.807) is 13.4 Å². The fraction of sp³-hybridized carbons (Fsp3) is 0.688. The van der Waals surface area contributed by atoms with Crippen molar-refractivity contribution in [2.45, 2.75) is 31.8 Å². The lowest BCUT2D eigenvalue weighted by Crippen LogP contribution is -2.40. The molecule has 1 aromatic heterocycles. The van der Waals surface area contributed by atoms with Crippen molar-refractivity contribution in [3.8, 4) is 0 Å². The smallest absolute Gasteiger partial charge is 0.191 e. The Hall–Kier alpha value is -0.800. The first-order chi connectivity index (χ1) is 10.9. The molecule has 23 heavy (non-hydrogen) atoms. The number of halogens is 1. The lowest BCUT2D eigenvalue weighted by Gasteiger charge is -2.21. The lowest BCUT2D eigenvalue weighted by atomic mass is 10.1. The second kappa shape index (κ2) is 12.6. The molecule has 0 aliphatic carbocycles. The van der Waals surface area contributed by atoms with Gasteiger partial charge in [0, 0.05) is 33.2 Å². The van der Waals surface area contributed by atoms with Crippen molar-refractivity contribution >= 4 is 29.9 Å². The molecule has 0 spiro atoms. The molecular formula is C16H28IN3O3. The highest BCUT2D eigenvalue weighted by atomic mass is 127. The van der Waals surface area contributed by atoms with E-state index in [1.165, 1.54) is 12.8 Å². The summed E-state index contributed by atoms with van der Waals surface area (Å²) in [6.45, 7) is 3.72. The topological polar surface area (TPSA) is 68.0 Å². The Morgan fingerprint density at radius 1 is 1.35 bits per heavy atom. The van der Waals surface area contributed by atoms with E-state index in [2.05, 4.69) is 15.6 Å². The zero-order valence-corrected chi connectivity index (χ0v) is 16.1. The van der Waals surface area contributed by atoms with Crippen molar-refractivity contribution in [2.75, 3.05) is 40.0 Å². The summed E-state index contributed by atoms with van der Waals surface area (Å²) in [5.74, 6) is 1.78. The first kappa shape index (κ1) is 20.2. The quantitative estimate of drug-likeness (QED) is 0.283. The molecule has 132 valence electrons. The van der Waals surface area contributed by atoms with Gasteiger partial charge in [-0.1, -0.05) is 0 Å². The summed E-state index contributed by atoms with van der Waals surface area (Å²) in [6.07, 6.45) is 6.28. The Morgan fingerprint density at radius 2 is 2.22 bits per heavy atom. The average molecular weight is 437 g/mol. The number of hydrogen-bond donors (Lipinski definition) is 2. The summed E-state index contributed by atoms with van der Waals surface area (Å²) < 4.78 is 16.1. The van der Waals surface area contributed by atoms with Crippen LogP contribution in [0.2, 0.25) is 0 Å². The number of methoxy groups -OCH3 is 1. The highest BCUT2D eigenvalue weighted by molar-refractivity contribution is 14.0. The molecule has 2 rings (SSSR count). The van der Waals surface area contributed by atoms with Crippen LogP contribution in [-0.4, -0.2) is 52.0 Å². The molecule has 1 unspecified atom stereocenters. The Balaban J connectivity index is 0.00000264. The summed E-state index contributed by atoms with van der Waals surface area (Å²) in [4.78, 5) is 4.62. The number of nitrogens with zero attached hydrogens (tertiary/aromatic N) is 1. The lowest BCUT2D eigenvalue weighted by molar-refractivity contribution is 0.0224. The normalized spacial score (nSPS) is 18.3. The number of aliphatic imine (C=N–C) groups is 1. The van der Waals surface area contributed by atoms with Gasteiger partial charge >= 0.3 is 0 Å². The summed E-state index contributed by atoms with van der Waals surface area (Å²) in [5, 5.41) is 6.59. The van der Waals surface area contributed by atoms with E-state index >= 15 is 0 Å². The van der Waals surface area contributed by atoms with Crippen LogP contribution < -0.4 is 10.6 Å². The number of guanidine groups is 1. The van der Waals surface area contributed by atoms with Crippen LogP contribution >= 0.6 is 24.0 Å². The van der Waals surface area contributed by atoms with Crippen molar-refractivity contribution in [3.05, 3.63) is 24.2 Å². The van der Waals surface area contributed by atoms with Crippen molar-refractivity contribution in [2.24, 2.45) is 4.99 Å². The third-order valence-electron chi connectivity index (χ3n) is 3.57. The van der Waals surface area contributed by atoms with Gasteiger partial charge in [-0.25, -0.2) is 0 Å². The average Bonchev–Trinajstić information content (AvgIpc) is 3.06. The maximum Gasteiger partial charge on any atom is 0.191 e. The molecule has 1 aromatic rings. The highest BCUT2D eigenvalue weighted by Crippen LogP contribution is 2.12. The van der Waals surface area contributed by atoms with Gasteiger partial charge in [0.05, 0.1) is 25.5 Å². The highest BCUT2D eigenvalue weighted by Gasteiger charge is 2.13. The van der Waals surface area contributed by atoms with Crippen LogP contribution in [0.5, 0.6) is 0 Å². The van der Waals surface area contributed by atoms with Crippen LogP contribution in [0.3, 0.4) is 0 Å². The van der Waals surface area contributed by atoms with Crippen LogP contribution in [0.1, 0.15) is 25.0 Å². The number of furan rings is 1. The van der Waals surface area contributed by atoms with E-state index in [4.69, 9.17) is 13.9 Å². The van der Waals surface area contributed by atoms with Gasteiger partial charge in [0.25, 0.3) is 0 Å². The predicted molar refractivity (Wildman–Crippen MR) is 102 cm³/mol. The molecule has 2 heterocycles. The summed E-state index contributed by atoms with van der Waals surface area (Å²) in [6, 6.07) is 3.88. The number of rotatable bonds is 8. The third kappa shape index (κ3) is 8.57. The zero-order chi connectivity index (χ0) is 15.5. The van der Waals surface area contributed by atoms with E-state index in [-0.39, 0.29) is 30.1 Å². The van der Waals surface area contributed by atoms with Crippen LogP contribution in [-0.2, 0) is 15.9 Å². The molecule has 1 atom stereocenters. The summed E-state index contributed by atoms with van der Waals surface area (Å²) in [7, 11) is 1.69. The fourth-order valence-electron chi connectivity index (χ4n) is 2.35. The van der Waals surface area contributed by atoms with Crippen molar-refractivity contribution in [1.82, 2.24) is 10.6 Å². The van der Waals surface area contributed by atoms with E-state index in [1.807, 2.05) is 12.1 Å². The molecule has 0 saturated carbocycles. The van der Waals surface area contributed by atoms with E-state index < -0.39 is 0 Å². The fourth-order valence-corrected chi connectivity index (χ4v) is 2.35. The van der Waals surface area contributed by atoms with Gasteiger partial charge in [-0.2, -0.15) is 0 Å². The van der Waals surface area contributed by atoms with Gasteiger partial charge in [0.15, 0.2) is 5.96 Å². The summed E-state index contributed by atoms with van der Waals surface area (Å²) >= 11 is 0. The minimum atomic E-state index is 0. The van der Waals surface area contributed by atoms with Crippen LogP contribution in [0.15, 0.2) is 27.8 Å². The second-order valence-electron chi connectivity index (χ2n) is 5.35. The minimum absolute atomic E-state index is 0. The molecular weight excluding hydrogens is 409 g/mol. The van der Waals surface area contributed by atoms with E-state index in [9.17, 15) is 0 Å². The maximum absolute atomic E-state index is 5.72. The SMILES string of the molecule is COCCNC(=NCC1CCCCO1)NCCc1ccco1.I. The van der Waals surface area contributed by atoms with Gasteiger partial charge < -0.3 is 24.5 Å². The molecule has 1 fully saturated rings. The van der Waals surface area contributed by atoms with Crippen LogP contribution in [0, 0.1) is 0 Å². The van der Waals surface area contributed by atoms with Gasteiger partial charge in [-0.3, -0.25) is 4.99 Å². The van der Waals surface area contributed by atoms with Gasteiger partial charge in [-0.15, -0.1) is 24.0 Å². The van der Waals surface area contributed by atoms with Crippen LogP contribution in [0.4, 0.5) is 0 Å². The molecule has 0 radical (unpaired) electrons. The van der Waals surface area contributed by atoms with Gasteiger partial charge in [0.2, 0.25) is 0 Å². The van der Waals surface area contributed by atoms with Crippen molar-refractivity contribution in [1.29, 1.82) is 0 Å². The zero-order valence-electron chi connectivity index (χ0n) is 13.8. The first-order valence-corrected chi connectivity index (χ1v) is 8.03. The monoisotopic (exact) mass is 437 g/mol. The van der Waals surface area contributed by atoms with Crippen LogP contribution in [0.25, 0.3) is 0 Å². The van der Waals surface area contributed by atoms with E-state index in [0.717, 1.165) is 44.3 Å². The number of ether oxygens (including phenoxy) is 2. The second-order valence-corrected chi connectivity index (χ2v) is 5.35. The molecule has 0 aromatic carbocycles. The van der Waals surface area contributed by atoms with E-state index in [0.29, 0.717) is 13.2 Å². The molecule has 1 aliphatic heterocycles. The van der Waals surface area contributed by atoms with Crippen molar-refractivity contribution in [3.63, 3.8) is 0 Å². The van der Waals surface area contributed by atoms with Crippen molar-refractivity contribution < 1.29 is 13.9 Å². The molecule has 2 N–H and O–H groups in total. The summed E-state index contributed by atoms with van der Waals surface area (Å²) in [5.41, 5.74) is 0. The third-order valence-corrected chi connectivity index (χ3v) is 3.57. The molecule has 6 nitrogen and oxygen atoms in total. The molecule has 1 saturated heterocycles. The predicted octanol–water partition coefficient (Wildman–Crippen LogP) is 2.19. The minimum Gasteiger partial charge on any atom is -0.469 e. The Bertz CT molecular complexity index is 420. The Labute approximate surface area is 155 Å². The number of hydrogen-bond acceptors (Lipinski definition) is 4. The largest absolute Gasteiger partial charge is 0.469 e. The Morgan fingerprint density at radius 3 is 2.91 bits per heavy atom. The molecule has 0 amide bonds. The molecule has 7 heteroatoms. The standard InChI is InChI=1S/C16H27N3O3.HI/c1-20-12-9-18-16(17-8-7-14-6-4-11-21-14)19-13-15-5-2-3-10-22-15;/h4,6,11,15H,2-3,5,7-10,12-13H2,1H3,(H2,17,18,19);1H. The van der Waals surface area contributed by atoms with Gasteiger partial charge in [0.1, 0.15) is 5.76 Å². The first-order valence-electron chi connectivity index (χ1n) is 8.03. The molecule has 0 bridgehead atoms. The van der Waals surface area contributed by atoms with Gasteiger partial charge in [-0.05, 0) is 31.4 Å².